The second kappa shape index (κ2) is 7.77. The van der Waals surface area contributed by atoms with Crippen LogP contribution in [0.5, 0.6) is 0 Å². The van der Waals surface area contributed by atoms with Gasteiger partial charge in [-0.3, -0.25) is 0 Å². The van der Waals surface area contributed by atoms with Gasteiger partial charge in [0.05, 0.1) is 0 Å². The van der Waals surface area contributed by atoms with Crippen LogP contribution in [0, 0.1) is 0 Å². The van der Waals surface area contributed by atoms with Crippen molar-refractivity contribution in [2.45, 2.75) is 25.7 Å². The molecule has 0 N–H and O–H groups in total. The van der Waals surface area contributed by atoms with Crippen LogP contribution in [0.3, 0.4) is 0 Å². The third-order valence-corrected chi connectivity index (χ3v) is 11.0. The molecule has 0 bridgehead atoms. The van der Waals surface area contributed by atoms with Crippen LogP contribution in [0.4, 0.5) is 0 Å². The van der Waals surface area contributed by atoms with E-state index in [-0.39, 0.29) is 7.55 Å². The average Bonchev–Trinajstić information content (AvgIpc) is 3.15. The van der Waals surface area contributed by atoms with Gasteiger partial charge in [-0.15, -0.1) is 0 Å². The van der Waals surface area contributed by atoms with Gasteiger partial charge in [-0.05, 0) is 72.7 Å². The second-order valence-corrected chi connectivity index (χ2v) is 12.1. The summed E-state index contributed by atoms with van der Waals surface area (Å²) >= 11 is 0. The van der Waals surface area contributed by atoms with E-state index in [9.17, 15) is 0 Å². The van der Waals surface area contributed by atoms with Crippen LogP contribution in [0.25, 0.3) is 21.5 Å². The number of aryl methyl sites for hydroxylation is 2. The van der Waals surface area contributed by atoms with E-state index < -0.39 is 0 Å². The molecule has 0 aliphatic carbocycles. The van der Waals surface area contributed by atoms with Crippen LogP contribution >= 0.6 is 15.7 Å². The zero-order chi connectivity index (χ0) is 19.9. The van der Waals surface area contributed by atoms with Crippen LogP contribution in [-0.2, 0) is 12.8 Å². The summed E-state index contributed by atoms with van der Waals surface area (Å²) in [7, 11) is 1.29. The molecular formula is C28H25P2+. The van der Waals surface area contributed by atoms with Gasteiger partial charge in [0.2, 0.25) is 0 Å². The van der Waals surface area contributed by atoms with Crippen molar-refractivity contribution in [3.8, 4) is 0 Å². The summed E-state index contributed by atoms with van der Waals surface area (Å²) in [6.07, 6.45) is 7.66. The van der Waals surface area contributed by atoms with E-state index in [1.54, 1.807) is 29.9 Å². The molecule has 2 aliphatic heterocycles. The fourth-order valence-corrected chi connectivity index (χ4v) is 9.68. The summed E-state index contributed by atoms with van der Waals surface area (Å²) in [5, 5.41) is 7.40. The van der Waals surface area contributed by atoms with Gasteiger partial charge >= 0.3 is 0 Å². The Balaban J connectivity index is 1.60. The highest BCUT2D eigenvalue weighted by Gasteiger charge is 2.28. The van der Waals surface area contributed by atoms with E-state index in [2.05, 4.69) is 78.6 Å². The molecule has 0 radical (unpaired) electrons. The molecule has 0 aromatic heterocycles. The van der Waals surface area contributed by atoms with Gasteiger partial charge in [-0.2, -0.15) is 0 Å². The summed E-state index contributed by atoms with van der Waals surface area (Å²) in [4.78, 5) is 0. The lowest BCUT2D eigenvalue weighted by molar-refractivity contribution is 0.935. The predicted molar refractivity (Wildman–Crippen MR) is 137 cm³/mol. The van der Waals surface area contributed by atoms with Crippen molar-refractivity contribution >= 4 is 48.1 Å². The number of hydrogen-bond acceptors (Lipinski definition) is 0. The SMILES string of the molecule is C1=[P+](C2=PCCCc3ccc4ccccc4c32)CCCc2ccc3ccccc3c21. The molecule has 4 aromatic rings. The van der Waals surface area contributed by atoms with Gasteiger partial charge in [0.1, 0.15) is 19.5 Å². The highest BCUT2D eigenvalue weighted by Crippen LogP contribution is 2.43. The molecule has 2 heteroatoms. The van der Waals surface area contributed by atoms with E-state index in [1.807, 2.05) is 0 Å². The van der Waals surface area contributed by atoms with Crippen LogP contribution in [0.15, 0.2) is 72.8 Å². The second-order valence-electron chi connectivity index (χ2n) is 8.42. The molecule has 0 fully saturated rings. The molecule has 0 spiro atoms. The lowest BCUT2D eigenvalue weighted by Gasteiger charge is -2.11. The van der Waals surface area contributed by atoms with Crippen molar-refractivity contribution in [3.05, 3.63) is 95.1 Å². The Morgan fingerprint density at radius 2 is 1.37 bits per heavy atom. The fourth-order valence-electron chi connectivity index (χ4n) is 5.10. The lowest BCUT2D eigenvalue weighted by Crippen LogP contribution is -2.02. The Morgan fingerprint density at radius 3 is 2.23 bits per heavy atom. The van der Waals surface area contributed by atoms with Crippen molar-refractivity contribution in [2.24, 2.45) is 0 Å². The molecule has 0 amide bonds. The van der Waals surface area contributed by atoms with E-state index in [4.69, 9.17) is 0 Å². The third kappa shape index (κ3) is 3.15. The van der Waals surface area contributed by atoms with Crippen molar-refractivity contribution in [1.82, 2.24) is 0 Å². The number of hydrogen-bond donors (Lipinski definition) is 0. The Hall–Kier alpha value is -2.26. The summed E-state index contributed by atoms with van der Waals surface area (Å²) in [5.74, 6) is 2.69. The highest BCUT2D eigenvalue weighted by atomic mass is 31.1. The number of benzene rings is 4. The van der Waals surface area contributed by atoms with Crippen LogP contribution in [-0.4, -0.2) is 23.2 Å². The Labute approximate surface area is 181 Å². The van der Waals surface area contributed by atoms with Gasteiger partial charge in [0, 0.05) is 11.1 Å². The normalized spacial score (nSPS) is 18.0. The zero-order valence-electron chi connectivity index (χ0n) is 17.1. The maximum Gasteiger partial charge on any atom is 0.177 e. The number of fused-ring (bicyclic) bond motifs is 6. The fraction of sp³-hybridized carbons (Fsp3) is 0.214. The molecule has 0 nitrogen and oxygen atoms in total. The molecule has 30 heavy (non-hydrogen) atoms. The highest BCUT2D eigenvalue weighted by molar-refractivity contribution is 7.85. The van der Waals surface area contributed by atoms with Crippen molar-refractivity contribution < 1.29 is 0 Å². The lowest BCUT2D eigenvalue weighted by atomic mass is 9.97. The van der Waals surface area contributed by atoms with Gasteiger partial charge in [-0.1, -0.05) is 72.8 Å². The minimum Gasteiger partial charge on any atom is -0.0616 e. The molecule has 146 valence electrons. The molecule has 6 rings (SSSR count). The largest absolute Gasteiger partial charge is 0.177 e. The first-order valence-electron chi connectivity index (χ1n) is 11.1. The van der Waals surface area contributed by atoms with E-state index in [0.29, 0.717) is 0 Å². The third-order valence-electron chi connectivity index (χ3n) is 6.57. The molecule has 1 unspecified atom stereocenters. The minimum atomic E-state index is -0.274. The van der Waals surface area contributed by atoms with Crippen LogP contribution < -0.4 is 0 Å². The summed E-state index contributed by atoms with van der Waals surface area (Å²) in [6.45, 7) is 0. The van der Waals surface area contributed by atoms with Crippen molar-refractivity contribution in [2.75, 3.05) is 12.3 Å². The Morgan fingerprint density at radius 1 is 0.667 bits per heavy atom. The smallest absolute Gasteiger partial charge is 0.0616 e. The van der Waals surface area contributed by atoms with Gasteiger partial charge in [0.25, 0.3) is 0 Å². The zero-order valence-corrected chi connectivity index (χ0v) is 18.9. The molecule has 0 saturated heterocycles. The molecular weight excluding hydrogens is 398 g/mol. The van der Waals surface area contributed by atoms with E-state index >= 15 is 0 Å². The van der Waals surface area contributed by atoms with E-state index in [1.165, 1.54) is 65.1 Å². The monoisotopic (exact) mass is 423 g/mol. The van der Waals surface area contributed by atoms with Gasteiger partial charge in [0.15, 0.2) is 5.03 Å². The van der Waals surface area contributed by atoms with Gasteiger partial charge < -0.3 is 0 Å². The minimum absolute atomic E-state index is 0.274. The first-order chi connectivity index (χ1) is 14.9. The topological polar surface area (TPSA) is 0 Å². The molecule has 4 aromatic carbocycles. The summed E-state index contributed by atoms with van der Waals surface area (Å²) in [6, 6.07) is 27.4. The summed E-state index contributed by atoms with van der Waals surface area (Å²) in [5.41, 5.74) is 6.23. The first-order valence-corrected chi connectivity index (χ1v) is 13.7. The molecule has 1 atom stereocenters. The number of rotatable bonds is 1. The predicted octanol–water partition coefficient (Wildman–Crippen LogP) is 7.64. The average molecular weight is 423 g/mol. The van der Waals surface area contributed by atoms with Crippen molar-refractivity contribution in [3.63, 3.8) is 0 Å². The van der Waals surface area contributed by atoms with Crippen LogP contribution in [0.2, 0.25) is 0 Å². The summed E-state index contributed by atoms with van der Waals surface area (Å²) < 4.78 is 0. The Bertz CT molecular complexity index is 1340. The standard InChI is InChI=1S/C28H25P2/c1-3-11-24-20(7-1)13-14-22-10-6-18-30(19-26(22)24)28-27-23(9-5-17-29-28)16-15-21-8-2-4-12-25(21)27/h1-4,7-8,11-16,19H,5-6,9-10,17-18H2/q+1. The Kier molecular flexibility index (Phi) is 4.79. The molecule has 2 aliphatic rings. The van der Waals surface area contributed by atoms with Crippen molar-refractivity contribution in [1.29, 1.82) is 0 Å². The molecule has 0 saturated carbocycles. The maximum absolute atomic E-state index is 2.69. The first kappa shape index (κ1) is 18.5. The van der Waals surface area contributed by atoms with Gasteiger partial charge in [-0.25, -0.2) is 0 Å². The maximum atomic E-state index is 2.69. The molecule has 2 heterocycles. The van der Waals surface area contributed by atoms with E-state index in [0.717, 1.165) is 0 Å². The quantitative estimate of drug-likeness (QED) is 0.276. The van der Waals surface area contributed by atoms with Crippen LogP contribution in [0.1, 0.15) is 35.1 Å².